The van der Waals surface area contributed by atoms with Crippen LogP contribution in [0.25, 0.3) is 0 Å². The second-order valence-corrected chi connectivity index (χ2v) is 3.07. The minimum atomic E-state index is -0.347. The summed E-state index contributed by atoms with van der Waals surface area (Å²) < 4.78 is 0. The lowest BCUT2D eigenvalue weighted by Crippen LogP contribution is -2.28. The van der Waals surface area contributed by atoms with Crippen LogP contribution >= 0.6 is 0 Å². The predicted octanol–water partition coefficient (Wildman–Crippen LogP) is 1.13. The third kappa shape index (κ3) is 0.966. The van der Waals surface area contributed by atoms with E-state index in [2.05, 4.69) is 0 Å². The van der Waals surface area contributed by atoms with Gasteiger partial charge in [0, 0.05) is 6.42 Å². The van der Waals surface area contributed by atoms with Gasteiger partial charge in [0.1, 0.15) is 5.78 Å². The van der Waals surface area contributed by atoms with Crippen LogP contribution in [0.15, 0.2) is 0 Å². The summed E-state index contributed by atoms with van der Waals surface area (Å²) >= 11 is 0. The Bertz CT molecular complexity index is 136. The number of carbonyl (C=O) groups excluding carboxylic acids is 1. The maximum atomic E-state index is 11.2. The van der Waals surface area contributed by atoms with Crippen molar-refractivity contribution < 1.29 is 9.90 Å². The Morgan fingerprint density at radius 1 is 1.70 bits per heavy atom. The third-order valence-corrected chi connectivity index (χ3v) is 2.63. The van der Waals surface area contributed by atoms with E-state index in [-0.39, 0.29) is 17.8 Å². The summed E-state index contributed by atoms with van der Waals surface area (Å²) in [6, 6.07) is 0. The van der Waals surface area contributed by atoms with Crippen molar-refractivity contribution >= 4 is 5.78 Å². The Balaban J connectivity index is 2.71. The molecule has 1 rings (SSSR count). The second-order valence-electron chi connectivity index (χ2n) is 3.07. The molecule has 0 aliphatic heterocycles. The molecule has 0 saturated heterocycles. The monoisotopic (exact) mass is 142 g/mol. The van der Waals surface area contributed by atoms with Crippen LogP contribution in [-0.2, 0) is 4.79 Å². The Kier molecular flexibility index (Phi) is 2.09. The zero-order valence-corrected chi connectivity index (χ0v) is 6.39. The summed E-state index contributed by atoms with van der Waals surface area (Å²) in [7, 11) is 0. The van der Waals surface area contributed by atoms with Crippen LogP contribution in [0.5, 0.6) is 0 Å². The fourth-order valence-electron chi connectivity index (χ4n) is 1.64. The standard InChI is InChI=1S/C8H14O2/c1-2-8(6-9)5-3-4-7(8)10/h9H,2-6H2,1H3. The van der Waals surface area contributed by atoms with Crippen molar-refractivity contribution in [2.45, 2.75) is 32.6 Å². The molecule has 2 heteroatoms. The Morgan fingerprint density at radius 3 is 2.60 bits per heavy atom. The Morgan fingerprint density at radius 2 is 2.40 bits per heavy atom. The molecule has 0 bridgehead atoms. The van der Waals surface area contributed by atoms with Gasteiger partial charge in [-0.15, -0.1) is 0 Å². The van der Waals surface area contributed by atoms with Crippen LogP contribution < -0.4 is 0 Å². The molecule has 1 atom stereocenters. The van der Waals surface area contributed by atoms with Crippen LogP contribution in [0.3, 0.4) is 0 Å². The first kappa shape index (κ1) is 7.73. The van der Waals surface area contributed by atoms with Gasteiger partial charge in [-0.3, -0.25) is 4.79 Å². The van der Waals surface area contributed by atoms with Gasteiger partial charge in [0.2, 0.25) is 0 Å². The molecular formula is C8H14O2. The lowest BCUT2D eigenvalue weighted by atomic mass is 9.84. The maximum Gasteiger partial charge on any atom is 0.141 e. The van der Waals surface area contributed by atoms with E-state index in [4.69, 9.17) is 5.11 Å². The summed E-state index contributed by atoms with van der Waals surface area (Å²) in [5, 5.41) is 8.97. The van der Waals surface area contributed by atoms with E-state index < -0.39 is 0 Å². The van der Waals surface area contributed by atoms with E-state index in [1.54, 1.807) is 0 Å². The Hall–Kier alpha value is -0.370. The number of hydrogen-bond donors (Lipinski definition) is 1. The normalized spacial score (nSPS) is 33.2. The van der Waals surface area contributed by atoms with E-state index in [0.717, 1.165) is 19.3 Å². The molecule has 0 aromatic heterocycles. The fraction of sp³-hybridized carbons (Fsp3) is 0.875. The van der Waals surface area contributed by atoms with Crippen LogP contribution in [0.4, 0.5) is 0 Å². The topological polar surface area (TPSA) is 37.3 Å². The zero-order valence-electron chi connectivity index (χ0n) is 6.39. The van der Waals surface area contributed by atoms with Crippen molar-refractivity contribution in [3.05, 3.63) is 0 Å². The van der Waals surface area contributed by atoms with E-state index >= 15 is 0 Å². The summed E-state index contributed by atoms with van der Waals surface area (Å²) in [6.07, 6.45) is 3.32. The van der Waals surface area contributed by atoms with E-state index in [0.29, 0.717) is 6.42 Å². The average molecular weight is 142 g/mol. The molecule has 1 aliphatic rings. The third-order valence-electron chi connectivity index (χ3n) is 2.63. The molecule has 1 fully saturated rings. The van der Waals surface area contributed by atoms with E-state index in [9.17, 15) is 4.79 Å². The van der Waals surface area contributed by atoms with Gasteiger partial charge in [0.05, 0.1) is 12.0 Å². The van der Waals surface area contributed by atoms with E-state index in [1.165, 1.54) is 0 Å². The molecule has 0 spiro atoms. The number of aliphatic hydroxyl groups is 1. The Labute approximate surface area is 61.2 Å². The average Bonchev–Trinajstić information content (AvgIpc) is 2.32. The van der Waals surface area contributed by atoms with Crippen molar-refractivity contribution in [3.63, 3.8) is 0 Å². The number of Topliss-reactive ketones (excluding diaryl/α,β-unsaturated/α-hetero) is 1. The molecule has 1 saturated carbocycles. The number of ketones is 1. The summed E-state index contributed by atoms with van der Waals surface area (Å²) in [6.45, 7) is 2.02. The molecule has 0 aromatic carbocycles. The highest BCUT2D eigenvalue weighted by atomic mass is 16.3. The van der Waals surface area contributed by atoms with E-state index in [1.807, 2.05) is 6.92 Å². The molecule has 1 aliphatic carbocycles. The largest absolute Gasteiger partial charge is 0.395 e. The minimum Gasteiger partial charge on any atom is -0.395 e. The van der Waals surface area contributed by atoms with Crippen molar-refractivity contribution in [2.75, 3.05) is 6.61 Å². The predicted molar refractivity (Wildman–Crippen MR) is 38.7 cm³/mol. The first-order chi connectivity index (χ1) is 4.75. The van der Waals surface area contributed by atoms with Gasteiger partial charge in [-0.1, -0.05) is 6.92 Å². The lowest BCUT2D eigenvalue weighted by Gasteiger charge is -2.21. The van der Waals surface area contributed by atoms with Gasteiger partial charge in [-0.05, 0) is 19.3 Å². The molecule has 0 aromatic rings. The van der Waals surface area contributed by atoms with Gasteiger partial charge in [-0.25, -0.2) is 0 Å². The summed E-state index contributed by atoms with van der Waals surface area (Å²) in [4.78, 5) is 11.2. The van der Waals surface area contributed by atoms with Crippen molar-refractivity contribution in [2.24, 2.45) is 5.41 Å². The highest BCUT2D eigenvalue weighted by molar-refractivity contribution is 5.86. The first-order valence-electron chi connectivity index (χ1n) is 3.89. The molecular weight excluding hydrogens is 128 g/mol. The smallest absolute Gasteiger partial charge is 0.141 e. The molecule has 0 amide bonds. The van der Waals surface area contributed by atoms with Crippen LogP contribution in [0.1, 0.15) is 32.6 Å². The van der Waals surface area contributed by atoms with Gasteiger partial charge in [0.15, 0.2) is 0 Å². The lowest BCUT2D eigenvalue weighted by molar-refractivity contribution is -0.128. The van der Waals surface area contributed by atoms with Crippen LogP contribution in [0, 0.1) is 5.41 Å². The molecule has 58 valence electrons. The number of carbonyl (C=O) groups is 1. The SMILES string of the molecule is CCC1(CO)CCCC1=O. The van der Waals surface area contributed by atoms with Gasteiger partial charge >= 0.3 is 0 Å². The van der Waals surface area contributed by atoms with Crippen molar-refractivity contribution in [1.82, 2.24) is 0 Å². The fourth-order valence-corrected chi connectivity index (χ4v) is 1.64. The molecule has 1 N–H and O–H groups in total. The second kappa shape index (κ2) is 2.70. The quantitative estimate of drug-likeness (QED) is 0.627. The number of rotatable bonds is 2. The van der Waals surface area contributed by atoms with Gasteiger partial charge in [0.25, 0.3) is 0 Å². The number of hydrogen-bond acceptors (Lipinski definition) is 2. The molecule has 2 nitrogen and oxygen atoms in total. The first-order valence-corrected chi connectivity index (χ1v) is 3.89. The highest BCUT2D eigenvalue weighted by Gasteiger charge is 2.39. The van der Waals surface area contributed by atoms with Crippen LogP contribution in [0.2, 0.25) is 0 Å². The number of aliphatic hydroxyl groups excluding tert-OH is 1. The van der Waals surface area contributed by atoms with Gasteiger partial charge in [-0.2, -0.15) is 0 Å². The summed E-state index contributed by atoms with van der Waals surface area (Å²) in [5.74, 6) is 0.262. The molecule has 0 radical (unpaired) electrons. The molecule has 1 unspecified atom stereocenters. The summed E-state index contributed by atoms with van der Waals surface area (Å²) in [5.41, 5.74) is -0.347. The minimum absolute atomic E-state index is 0.0440. The highest BCUT2D eigenvalue weighted by Crippen LogP contribution is 2.36. The van der Waals surface area contributed by atoms with Crippen LogP contribution in [-0.4, -0.2) is 17.5 Å². The van der Waals surface area contributed by atoms with Crippen molar-refractivity contribution in [1.29, 1.82) is 0 Å². The molecule has 0 heterocycles. The van der Waals surface area contributed by atoms with Gasteiger partial charge < -0.3 is 5.11 Å². The zero-order chi connectivity index (χ0) is 7.61. The maximum absolute atomic E-state index is 11.2. The molecule has 10 heavy (non-hydrogen) atoms. The van der Waals surface area contributed by atoms with Crippen molar-refractivity contribution in [3.8, 4) is 0 Å².